The van der Waals surface area contributed by atoms with Crippen molar-refractivity contribution in [1.29, 1.82) is 0 Å². The first-order valence-electron chi connectivity index (χ1n) is 9.39. The topological polar surface area (TPSA) is 72.9 Å². The second kappa shape index (κ2) is 6.41. The van der Waals surface area contributed by atoms with Gasteiger partial charge in [-0.2, -0.15) is 0 Å². The molecule has 0 aliphatic carbocycles. The van der Waals surface area contributed by atoms with Crippen molar-refractivity contribution < 1.29 is 18.4 Å². The van der Waals surface area contributed by atoms with Crippen molar-refractivity contribution in [2.24, 2.45) is 0 Å². The van der Waals surface area contributed by atoms with Gasteiger partial charge in [0.05, 0.1) is 19.0 Å². The zero-order valence-electron chi connectivity index (χ0n) is 15.5. The summed E-state index contributed by atoms with van der Waals surface area (Å²) in [5.41, 5.74) is 1.89. The van der Waals surface area contributed by atoms with Gasteiger partial charge in [0.15, 0.2) is 5.58 Å². The Labute approximate surface area is 160 Å². The van der Waals surface area contributed by atoms with E-state index in [1.54, 1.807) is 19.2 Å². The van der Waals surface area contributed by atoms with E-state index in [4.69, 9.17) is 13.6 Å². The number of hydrogen-bond acceptors (Lipinski definition) is 5. The average Bonchev–Trinajstić information content (AvgIpc) is 3.11. The van der Waals surface area contributed by atoms with Gasteiger partial charge in [-0.05, 0) is 37.1 Å². The summed E-state index contributed by atoms with van der Waals surface area (Å²) in [6.45, 7) is 1.08. The molecule has 1 amide bonds. The first kappa shape index (κ1) is 16.9. The Bertz CT molecular complexity index is 1280. The quantitative estimate of drug-likeness (QED) is 0.500. The number of rotatable bonds is 3. The van der Waals surface area contributed by atoms with Gasteiger partial charge in [-0.15, -0.1) is 0 Å². The number of nitrogens with zero attached hydrogens (tertiary/aromatic N) is 1. The van der Waals surface area contributed by atoms with Crippen LogP contribution in [0.4, 0.5) is 0 Å². The van der Waals surface area contributed by atoms with Crippen molar-refractivity contribution in [2.75, 3.05) is 13.7 Å². The van der Waals surface area contributed by atoms with E-state index in [-0.39, 0.29) is 5.91 Å². The molecule has 1 aliphatic rings. The van der Waals surface area contributed by atoms with Gasteiger partial charge in [0, 0.05) is 23.9 Å². The number of carbonyl (C=O) groups is 1. The van der Waals surface area contributed by atoms with Crippen LogP contribution in [0.5, 0.6) is 5.75 Å². The molecule has 1 aliphatic heterocycles. The lowest BCUT2D eigenvalue weighted by Gasteiger charge is -2.27. The number of para-hydroxylation sites is 1. The Morgan fingerprint density at radius 1 is 1.00 bits per heavy atom. The van der Waals surface area contributed by atoms with Crippen LogP contribution in [0.2, 0.25) is 0 Å². The predicted octanol–water partition coefficient (Wildman–Crippen LogP) is 4.21. The molecule has 0 saturated carbocycles. The number of likely N-dealkylation sites (tertiary alicyclic amines) is 1. The molecule has 0 radical (unpaired) electrons. The first-order chi connectivity index (χ1) is 13.7. The number of furan rings is 1. The van der Waals surface area contributed by atoms with E-state index in [0.29, 0.717) is 52.8 Å². The lowest BCUT2D eigenvalue weighted by molar-refractivity contribution is -0.133. The molecule has 0 atom stereocenters. The summed E-state index contributed by atoms with van der Waals surface area (Å²) in [6.07, 6.45) is 2.45. The van der Waals surface area contributed by atoms with E-state index in [0.717, 1.165) is 23.8 Å². The van der Waals surface area contributed by atoms with Gasteiger partial charge in [-0.1, -0.05) is 12.1 Å². The molecule has 1 saturated heterocycles. The Kier molecular flexibility index (Phi) is 3.86. The monoisotopic (exact) mass is 377 g/mol. The maximum atomic E-state index is 12.8. The molecule has 2 aromatic carbocycles. The zero-order chi connectivity index (χ0) is 19.3. The lowest BCUT2D eigenvalue weighted by Crippen LogP contribution is -2.34. The molecule has 2 aromatic heterocycles. The fourth-order valence-electron chi connectivity index (χ4n) is 4.09. The third-order valence-electron chi connectivity index (χ3n) is 5.45. The highest BCUT2D eigenvalue weighted by atomic mass is 16.5. The van der Waals surface area contributed by atoms with Crippen LogP contribution in [0.15, 0.2) is 50.0 Å². The predicted molar refractivity (Wildman–Crippen MR) is 106 cm³/mol. The molecule has 5 rings (SSSR count). The van der Waals surface area contributed by atoms with E-state index in [1.807, 2.05) is 29.2 Å². The highest BCUT2D eigenvalue weighted by Crippen LogP contribution is 2.38. The third-order valence-corrected chi connectivity index (χ3v) is 5.45. The number of carbonyl (C=O) groups excluding carboxylic acids is 1. The number of methoxy groups -OCH3 is 1. The van der Waals surface area contributed by atoms with Crippen molar-refractivity contribution >= 4 is 38.8 Å². The summed E-state index contributed by atoms with van der Waals surface area (Å²) in [6, 6.07) is 10.9. The molecule has 0 N–H and O–H groups in total. The van der Waals surface area contributed by atoms with Crippen LogP contribution in [-0.4, -0.2) is 24.5 Å². The normalized spacial score (nSPS) is 15.0. The fraction of sp³-hybridized carbons (Fsp3) is 0.273. The van der Waals surface area contributed by atoms with E-state index in [1.165, 1.54) is 0 Å². The number of hydrogen-bond donors (Lipinski definition) is 0. The molecule has 6 heteroatoms. The van der Waals surface area contributed by atoms with E-state index in [2.05, 4.69) is 0 Å². The summed E-state index contributed by atoms with van der Waals surface area (Å²) >= 11 is 0. The average molecular weight is 377 g/mol. The smallest absolute Gasteiger partial charge is 0.348 e. The highest BCUT2D eigenvalue weighted by Gasteiger charge is 2.25. The van der Waals surface area contributed by atoms with E-state index in [9.17, 15) is 9.59 Å². The van der Waals surface area contributed by atoms with Crippen molar-refractivity contribution in [1.82, 2.24) is 4.90 Å². The molecule has 4 aromatic rings. The minimum atomic E-state index is -0.452. The fourth-order valence-corrected chi connectivity index (χ4v) is 4.09. The van der Waals surface area contributed by atoms with Crippen molar-refractivity contribution in [3.05, 3.63) is 52.4 Å². The van der Waals surface area contributed by atoms with Crippen LogP contribution in [0.3, 0.4) is 0 Å². The highest BCUT2D eigenvalue weighted by molar-refractivity contribution is 6.14. The van der Waals surface area contributed by atoms with Gasteiger partial charge in [-0.25, -0.2) is 4.79 Å². The minimum Gasteiger partial charge on any atom is -0.496 e. The summed E-state index contributed by atoms with van der Waals surface area (Å²) in [5.74, 6) is 0.747. The van der Waals surface area contributed by atoms with Crippen LogP contribution in [0.1, 0.15) is 24.8 Å². The largest absolute Gasteiger partial charge is 0.496 e. The van der Waals surface area contributed by atoms with Gasteiger partial charge in [-0.3, -0.25) is 4.79 Å². The van der Waals surface area contributed by atoms with Crippen LogP contribution >= 0.6 is 0 Å². The van der Waals surface area contributed by atoms with E-state index >= 15 is 0 Å². The maximum Gasteiger partial charge on any atom is 0.348 e. The van der Waals surface area contributed by atoms with Gasteiger partial charge in [0.1, 0.15) is 22.3 Å². The van der Waals surface area contributed by atoms with Gasteiger partial charge >= 0.3 is 5.63 Å². The van der Waals surface area contributed by atoms with Crippen molar-refractivity contribution in [2.45, 2.75) is 25.8 Å². The molecule has 28 heavy (non-hydrogen) atoms. The molecule has 0 unspecified atom stereocenters. The third kappa shape index (κ3) is 2.48. The Balaban J connectivity index is 1.82. The van der Waals surface area contributed by atoms with Crippen molar-refractivity contribution in [3.63, 3.8) is 0 Å². The van der Waals surface area contributed by atoms with Gasteiger partial charge in [0.25, 0.3) is 0 Å². The zero-order valence-corrected chi connectivity index (χ0v) is 15.5. The molecule has 6 nitrogen and oxygen atoms in total. The minimum absolute atomic E-state index is 0.121. The number of amides is 1. The Morgan fingerprint density at radius 2 is 1.86 bits per heavy atom. The number of benzene rings is 2. The van der Waals surface area contributed by atoms with Crippen LogP contribution in [-0.2, 0) is 11.3 Å². The molecular formula is C22H19NO5. The molecule has 1 fully saturated rings. The molecule has 3 heterocycles. The molecule has 0 bridgehead atoms. The van der Waals surface area contributed by atoms with Crippen molar-refractivity contribution in [3.8, 4) is 5.75 Å². The van der Waals surface area contributed by atoms with E-state index < -0.39 is 5.63 Å². The summed E-state index contributed by atoms with van der Waals surface area (Å²) < 4.78 is 17.2. The van der Waals surface area contributed by atoms with Gasteiger partial charge < -0.3 is 18.5 Å². The standard InChI is InChI=1S/C22H19NO5/c1-26-15-9-10-17-19(14(15)12-23-11-5-4-8-18(23)24)20-21(27-17)13-6-2-3-7-16(13)28-22(20)25/h2-3,6-7,9-10H,4-5,8,11-12H2,1H3. The maximum absolute atomic E-state index is 12.8. The summed E-state index contributed by atoms with van der Waals surface area (Å²) in [5, 5.41) is 1.80. The first-order valence-corrected chi connectivity index (χ1v) is 9.39. The number of piperidine rings is 1. The second-order valence-corrected chi connectivity index (χ2v) is 7.08. The van der Waals surface area contributed by atoms with Crippen LogP contribution < -0.4 is 10.4 Å². The Hall–Kier alpha value is -3.28. The summed E-state index contributed by atoms with van der Waals surface area (Å²) in [7, 11) is 1.59. The summed E-state index contributed by atoms with van der Waals surface area (Å²) in [4.78, 5) is 27.0. The lowest BCUT2D eigenvalue weighted by atomic mass is 10.0. The Morgan fingerprint density at radius 3 is 2.68 bits per heavy atom. The van der Waals surface area contributed by atoms with Gasteiger partial charge in [0.2, 0.25) is 5.91 Å². The molecular weight excluding hydrogens is 358 g/mol. The number of ether oxygens (including phenoxy) is 1. The molecule has 142 valence electrons. The SMILES string of the molecule is COc1ccc2oc3c4ccccc4oc(=O)c3c2c1CN1CCCCC1=O. The second-order valence-electron chi connectivity index (χ2n) is 7.08. The van der Waals surface area contributed by atoms with Crippen LogP contribution in [0, 0.1) is 0 Å². The number of fused-ring (bicyclic) bond motifs is 5. The van der Waals surface area contributed by atoms with Crippen LogP contribution in [0.25, 0.3) is 32.9 Å². The molecule has 0 spiro atoms.